The summed E-state index contributed by atoms with van der Waals surface area (Å²) in [6.45, 7) is 3.96. The van der Waals surface area contributed by atoms with Crippen molar-refractivity contribution in [1.82, 2.24) is 14.5 Å². The molecule has 17 heavy (non-hydrogen) atoms. The summed E-state index contributed by atoms with van der Waals surface area (Å²) in [5.74, 6) is 0. The minimum atomic E-state index is -3.34. The Balaban J connectivity index is 2.73. The SMILES string of the molecule is CCc1nn(C)cc1CNS(=O)(=O)C(C)CN. The molecule has 6 nitrogen and oxygen atoms in total. The Morgan fingerprint density at radius 1 is 1.59 bits per heavy atom. The van der Waals surface area contributed by atoms with E-state index < -0.39 is 15.3 Å². The molecule has 1 atom stereocenters. The van der Waals surface area contributed by atoms with E-state index in [0.717, 1.165) is 17.7 Å². The standard InChI is InChI=1S/C10H20N4O2S/c1-4-10-9(7-14(3)13-10)6-12-17(15,16)8(2)5-11/h7-8,12H,4-6,11H2,1-3H3. The van der Waals surface area contributed by atoms with Crippen molar-refractivity contribution in [2.45, 2.75) is 32.1 Å². The molecule has 1 unspecified atom stereocenters. The molecule has 0 saturated carbocycles. The van der Waals surface area contributed by atoms with Crippen LogP contribution in [0.5, 0.6) is 0 Å². The fourth-order valence-electron chi connectivity index (χ4n) is 1.48. The first-order valence-corrected chi connectivity index (χ1v) is 7.15. The number of nitrogens with two attached hydrogens (primary N) is 1. The Morgan fingerprint density at radius 2 is 2.24 bits per heavy atom. The highest BCUT2D eigenvalue weighted by Crippen LogP contribution is 2.08. The molecule has 1 aromatic rings. The fraction of sp³-hybridized carbons (Fsp3) is 0.700. The second kappa shape index (κ2) is 5.61. The summed E-state index contributed by atoms with van der Waals surface area (Å²) in [7, 11) is -1.52. The van der Waals surface area contributed by atoms with E-state index in [0.29, 0.717) is 0 Å². The molecular weight excluding hydrogens is 240 g/mol. The molecule has 0 fully saturated rings. The van der Waals surface area contributed by atoms with Crippen molar-refractivity contribution in [2.75, 3.05) is 6.54 Å². The van der Waals surface area contributed by atoms with Gasteiger partial charge in [0.25, 0.3) is 0 Å². The van der Waals surface area contributed by atoms with Crippen molar-refractivity contribution in [2.24, 2.45) is 12.8 Å². The molecule has 1 aromatic heterocycles. The van der Waals surface area contributed by atoms with Crippen LogP contribution in [0, 0.1) is 0 Å². The van der Waals surface area contributed by atoms with E-state index in [1.807, 2.05) is 20.2 Å². The van der Waals surface area contributed by atoms with Gasteiger partial charge in [-0.2, -0.15) is 5.10 Å². The maximum absolute atomic E-state index is 11.7. The second-order valence-electron chi connectivity index (χ2n) is 4.04. The molecule has 0 aliphatic heterocycles. The lowest BCUT2D eigenvalue weighted by atomic mass is 10.2. The lowest BCUT2D eigenvalue weighted by molar-refractivity contribution is 0.568. The third-order valence-electron chi connectivity index (χ3n) is 2.65. The Bertz CT molecular complexity index is 467. The fourth-order valence-corrected chi connectivity index (χ4v) is 2.37. The van der Waals surface area contributed by atoms with Gasteiger partial charge in [0, 0.05) is 31.9 Å². The smallest absolute Gasteiger partial charge is 0.215 e. The molecule has 1 heterocycles. The van der Waals surface area contributed by atoms with Crippen LogP contribution in [0.25, 0.3) is 0 Å². The van der Waals surface area contributed by atoms with Gasteiger partial charge in [0.2, 0.25) is 10.0 Å². The summed E-state index contributed by atoms with van der Waals surface area (Å²) in [6, 6.07) is 0. The zero-order valence-corrected chi connectivity index (χ0v) is 11.3. The second-order valence-corrected chi connectivity index (χ2v) is 6.22. The zero-order valence-electron chi connectivity index (χ0n) is 10.5. The number of aryl methyl sites for hydroxylation is 2. The quantitative estimate of drug-likeness (QED) is 0.738. The topological polar surface area (TPSA) is 90.0 Å². The predicted octanol–water partition coefficient (Wildman–Crippen LogP) is -0.251. The molecule has 98 valence electrons. The monoisotopic (exact) mass is 260 g/mol. The van der Waals surface area contributed by atoms with E-state index in [9.17, 15) is 8.42 Å². The van der Waals surface area contributed by atoms with Gasteiger partial charge in [0.1, 0.15) is 0 Å². The van der Waals surface area contributed by atoms with Crippen molar-refractivity contribution in [3.05, 3.63) is 17.5 Å². The van der Waals surface area contributed by atoms with Gasteiger partial charge in [-0.1, -0.05) is 6.92 Å². The van der Waals surface area contributed by atoms with E-state index in [1.54, 1.807) is 11.6 Å². The highest BCUT2D eigenvalue weighted by molar-refractivity contribution is 7.90. The van der Waals surface area contributed by atoms with Crippen LogP contribution in [0.15, 0.2) is 6.20 Å². The molecule has 0 spiro atoms. The lowest BCUT2D eigenvalue weighted by Gasteiger charge is -2.11. The molecule has 0 aromatic carbocycles. The van der Waals surface area contributed by atoms with E-state index >= 15 is 0 Å². The maximum Gasteiger partial charge on any atom is 0.215 e. The number of hydrogen-bond acceptors (Lipinski definition) is 4. The van der Waals surface area contributed by atoms with Crippen LogP contribution in [0.4, 0.5) is 0 Å². The molecule has 0 saturated heterocycles. The number of nitrogens with zero attached hydrogens (tertiary/aromatic N) is 2. The summed E-state index contributed by atoms with van der Waals surface area (Å²) < 4.78 is 27.7. The van der Waals surface area contributed by atoms with Crippen molar-refractivity contribution in [3.8, 4) is 0 Å². The Labute approximate surface area is 102 Å². The van der Waals surface area contributed by atoms with Crippen LogP contribution in [0.1, 0.15) is 25.1 Å². The van der Waals surface area contributed by atoms with E-state index in [1.165, 1.54) is 0 Å². The summed E-state index contributed by atoms with van der Waals surface area (Å²) in [5.41, 5.74) is 7.17. The average Bonchev–Trinajstić information content (AvgIpc) is 2.66. The molecule has 0 aliphatic rings. The van der Waals surface area contributed by atoms with Crippen LogP contribution >= 0.6 is 0 Å². The largest absolute Gasteiger partial charge is 0.329 e. The first kappa shape index (κ1) is 14.1. The lowest BCUT2D eigenvalue weighted by Crippen LogP contribution is -2.36. The molecule has 0 aliphatic carbocycles. The Morgan fingerprint density at radius 3 is 2.76 bits per heavy atom. The van der Waals surface area contributed by atoms with Crippen LogP contribution < -0.4 is 10.5 Å². The summed E-state index contributed by atoms with van der Waals surface area (Å²) in [5, 5.41) is 3.67. The van der Waals surface area contributed by atoms with Gasteiger partial charge < -0.3 is 5.73 Å². The average molecular weight is 260 g/mol. The molecule has 0 radical (unpaired) electrons. The predicted molar refractivity (Wildman–Crippen MR) is 66.9 cm³/mol. The normalized spacial score (nSPS) is 13.9. The zero-order chi connectivity index (χ0) is 13.1. The van der Waals surface area contributed by atoms with Crippen molar-refractivity contribution in [3.63, 3.8) is 0 Å². The molecule has 7 heteroatoms. The van der Waals surface area contributed by atoms with E-state index in [2.05, 4.69) is 9.82 Å². The van der Waals surface area contributed by atoms with Gasteiger partial charge in [0.15, 0.2) is 0 Å². The Hall–Kier alpha value is -0.920. The molecule has 1 rings (SSSR count). The number of aromatic nitrogens is 2. The van der Waals surface area contributed by atoms with Crippen LogP contribution in [0.3, 0.4) is 0 Å². The molecule has 0 bridgehead atoms. The number of nitrogens with one attached hydrogen (secondary N) is 1. The summed E-state index contributed by atoms with van der Waals surface area (Å²) in [4.78, 5) is 0. The van der Waals surface area contributed by atoms with Crippen LogP contribution in [-0.4, -0.2) is 30.0 Å². The van der Waals surface area contributed by atoms with E-state index in [-0.39, 0.29) is 13.1 Å². The van der Waals surface area contributed by atoms with Crippen LogP contribution in [0.2, 0.25) is 0 Å². The first-order chi connectivity index (χ1) is 7.90. The number of sulfonamides is 1. The van der Waals surface area contributed by atoms with Gasteiger partial charge in [-0.3, -0.25) is 4.68 Å². The van der Waals surface area contributed by atoms with Crippen molar-refractivity contribution < 1.29 is 8.42 Å². The maximum atomic E-state index is 11.7. The number of hydrogen-bond donors (Lipinski definition) is 2. The molecule has 0 amide bonds. The summed E-state index contributed by atoms with van der Waals surface area (Å²) >= 11 is 0. The highest BCUT2D eigenvalue weighted by atomic mass is 32.2. The van der Waals surface area contributed by atoms with Gasteiger partial charge in [0.05, 0.1) is 10.9 Å². The van der Waals surface area contributed by atoms with Crippen LogP contribution in [-0.2, 0) is 30.0 Å². The minimum absolute atomic E-state index is 0.114. The van der Waals surface area contributed by atoms with Crippen molar-refractivity contribution in [1.29, 1.82) is 0 Å². The third kappa shape index (κ3) is 3.52. The first-order valence-electron chi connectivity index (χ1n) is 5.60. The van der Waals surface area contributed by atoms with Gasteiger partial charge in [-0.05, 0) is 13.3 Å². The van der Waals surface area contributed by atoms with Crippen molar-refractivity contribution >= 4 is 10.0 Å². The third-order valence-corrected chi connectivity index (χ3v) is 4.45. The van der Waals surface area contributed by atoms with Gasteiger partial charge >= 0.3 is 0 Å². The molecule has 3 N–H and O–H groups in total. The van der Waals surface area contributed by atoms with Gasteiger partial charge in [-0.15, -0.1) is 0 Å². The molecular formula is C10H20N4O2S. The van der Waals surface area contributed by atoms with Gasteiger partial charge in [-0.25, -0.2) is 13.1 Å². The number of rotatable bonds is 6. The minimum Gasteiger partial charge on any atom is -0.329 e. The summed E-state index contributed by atoms with van der Waals surface area (Å²) in [6.07, 6.45) is 2.61. The van der Waals surface area contributed by atoms with E-state index in [4.69, 9.17) is 5.73 Å². The highest BCUT2D eigenvalue weighted by Gasteiger charge is 2.19. The Kier molecular flexibility index (Phi) is 4.67.